The van der Waals surface area contributed by atoms with Crippen molar-refractivity contribution in [1.29, 1.82) is 0 Å². The lowest BCUT2D eigenvalue weighted by atomic mass is 10.1. The summed E-state index contributed by atoms with van der Waals surface area (Å²) in [6.45, 7) is 0.371. The highest BCUT2D eigenvalue weighted by atomic mass is 35.5. The molecule has 0 aromatic heterocycles. The van der Waals surface area contributed by atoms with Crippen molar-refractivity contribution < 1.29 is 9.47 Å². The van der Waals surface area contributed by atoms with Gasteiger partial charge in [-0.1, -0.05) is 35.9 Å². The molecule has 3 nitrogen and oxygen atoms in total. The lowest BCUT2D eigenvalue weighted by Gasteiger charge is -2.14. The number of para-hydroxylation sites is 1. The first kappa shape index (κ1) is 13.7. The molecule has 2 aromatic carbocycles. The monoisotopic (exact) mass is 277 g/mol. The number of halogens is 1. The summed E-state index contributed by atoms with van der Waals surface area (Å²) < 4.78 is 10.7. The smallest absolute Gasteiger partial charge is 0.137 e. The number of methoxy groups -OCH3 is 1. The summed E-state index contributed by atoms with van der Waals surface area (Å²) in [5, 5.41) is 0.587. The molecule has 0 aliphatic rings. The summed E-state index contributed by atoms with van der Waals surface area (Å²) in [6.07, 6.45) is 0. The van der Waals surface area contributed by atoms with Crippen LogP contribution >= 0.6 is 11.6 Å². The van der Waals surface area contributed by atoms with E-state index in [1.54, 1.807) is 13.2 Å². The van der Waals surface area contributed by atoms with Gasteiger partial charge >= 0.3 is 0 Å². The average molecular weight is 278 g/mol. The number of ether oxygens (including phenoxy) is 2. The third-order valence-corrected chi connectivity index (χ3v) is 3.11. The molecule has 0 aliphatic heterocycles. The van der Waals surface area contributed by atoms with Crippen molar-refractivity contribution in [3.63, 3.8) is 0 Å². The van der Waals surface area contributed by atoms with E-state index in [4.69, 9.17) is 26.8 Å². The van der Waals surface area contributed by atoms with E-state index in [9.17, 15) is 0 Å². The Labute approximate surface area is 117 Å². The first-order chi connectivity index (χ1) is 9.20. The minimum absolute atomic E-state index is 0.206. The minimum Gasteiger partial charge on any atom is -0.497 e. The van der Waals surface area contributed by atoms with E-state index in [1.165, 1.54) is 0 Å². The Kier molecular flexibility index (Phi) is 4.66. The second-order valence-electron chi connectivity index (χ2n) is 4.12. The van der Waals surface area contributed by atoms with Crippen LogP contribution < -0.4 is 15.2 Å². The third kappa shape index (κ3) is 3.63. The normalized spacial score (nSPS) is 11.9. The molecule has 0 saturated carbocycles. The standard InChI is InChI=1S/C15H16ClNO2/c1-18-12-8-6-11(7-9-12)14(17)10-19-15-5-3-2-4-13(15)16/h2-9,14H,10,17H2,1H3. The number of hydrogen-bond acceptors (Lipinski definition) is 3. The van der Waals surface area contributed by atoms with Crippen LogP contribution in [0.15, 0.2) is 48.5 Å². The van der Waals surface area contributed by atoms with Gasteiger partial charge in [-0.2, -0.15) is 0 Å². The van der Waals surface area contributed by atoms with Crippen LogP contribution in [0.1, 0.15) is 11.6 Å². The largest absolute Gasteiger partial charge is 0.497 e. The van der Waals surface area contributed by atoms with Crippen LogP contribution in [-0.4, -0.2) is 13.7 Å². The maximum atomic E-state index is 6.08. The van der Waals surface area contributed by atoms with Crippen LogP contribution in [0.2, 0.25) is 5.02 Å². The fraction of sp³-hybridized carbons (Fsp3) is 0.200. The summed E-state index contributed by atoms with van der Waals surface area (Å²) >= 11 is 6.01. The molecule has 0 aliphatic carbocycles. The van der Waals surface area contributed by atoms with E-state index < -0.39 is 0 Å². The lowest BCUT2D eigenvalue weighted by Crippen LogP contribution is -2.19. The van der Waals surface area contributed by atoms with Crippen LogP contribution in [0.3, 0.4) is 0 Å². The molecule has 0 spiro atoms. The first-order valence-corrected chi connectivity index (χ1v) is 6.35. The van der Waals surface area contributed by atoms with Gasteiger partial charge in [-0.15, -0.1) is 0 Å². The Balaban J connectivity index is 1.97. The van der Waals surface area contributed by atoms with Crippen molar-refractivity contribution in [3.05, 3.63) is 59.1 Å². The lowest BCUT2D eigenvalue weighted by molar-refractivity contribution is 0.291. The Morgan fingerprint density at radius 1 is 1.11 bits per heavy atom. The number of nitrogens with two attached hydrogens (primary N) is 1. The number of hydrogen-bond donors (Lipinski definition) is 1. The summed E-state index contributed by atoms with van der Waals surface area (Å²) in [5.74, 6) is 1.45. The maximum Gasteiger partial charge on any atom is 0.137 e. The zero-order chi connectivity index (χ0) is 13.7. The molecule has 0 amide bonds. The Hall–Kier alpha value is -1.71. The molecular weight excluding hydrogens is 262 g/mol. The van der Waals surface area contributed by atoms with Crippen molar-refractivity contribution in [2.24, 2.45) is 5.73 Å². The van der Waals surface area contributed by atoms with Crippen molar-refractivity contribution in [2.75, 3.05) is 13.7 Å². The molecule has 1 atom stereocenters. The maximum absolute atomic E-state index is 6.08. The van der Waals surface area contributed by atoms with Crippen LogP contribution in [0.25, 0.3) is 0 Å². The zero-order valence-corrected chi connectivity index (χ0v) is 11.4. The van der Waals surface area contributed by atoms with Gasteiger partial charge in [-0.05, 0) is 29.8 Å². The van der Waals surface area contributed by atoms with E-state index in [2.05, 4.69) is 0 Å². The van der Waals surface area contributed by atoms with E-state index in [1.807, 2.05) is 42.5 Å². The van der Waals surface area contributed by atoms with Gasteiger partial charge in [-0.3, -0.25) is 0 Å². The molecule has 2 N–H and O–H groups in total. The minimum atomic E-state index is -0.206. The van der Waals surface area contributed by atoms with Gasteiger partial charge in [0.25, 0.3) is 0 Å². The highest BCUT2D eigenvalue weighted by molar-refractivity contribution is 6.32. The van der Waals surface area contributed by atoms with Crippen molar-refractivity contribution in [3.8, 4) is 11.5 Å². The Morgan fingerprint density at radius 2 is 1.79 bits per heavy atom. The van der Waals surface area contributed by atoms with Crippen LogP contribution in [0.4, 0.5) is 0 Å². The number of rotatable bonds is 5. The molecule has 0 fully saturated rings. The fourth-order valence-corrected chi connectivity index (χ4v) is 1.88. The topological polar surface area (TPSA) is 44.5 Å². The molecule has 0 heterocycles. The highest BCUT2D eigenvalue weighted by Crippen LogP contribution is 2.24. The first-order valence-electron chi connectivity index (χ1n) is 5.97. The molecule has 2 aromatic rings. The quantitative estimate of drug-likeness (QED) is 0.911. The van der Waals surface area contributed by atoms with Gasteiger partial charge in [-0.25, -0.2) is 0 Å². The predicted octanol–water partition coefficient (Wildman–Crippen LogP) is 3.43. The molecule has 4 heteroatoms. The molecule has 0 bridgehead atoms. The third-order valence-electron chi connectivity index (χ3n) is 2.80. The van der Waals surface area contributed by atoms with Gasteiger partial charge in [0.15, 0.2) is 0 Å². The zero-order valence-electron chi connectivity index (χ0n) is 10.7. The Bertz CT molecular complexity index is 528. The van der Waals surface area contributed by atoms with E-state index in [0.29, 0.717) is 17.4 Å². The van der Waals surface area contributed by atoms with Crippen LogP contribution in [-0.2, 0) is 0 Å². The second kappa shape index (κ2) is 6.45. The molecule has 100 valence electrons. The molecular formula is C15H16ClNO2. The molecule has 0 radical (unpaired) electrons. The van der Waals surface area contributed by atoms with Gasteiger partial charge in [0.1, 0.15) is 18.1 Å². The molecule has 0 saturated heterocycles. The van der Waals surface area contributed by atoms with Gasteiger partial charge < -0.3 is 15.2 Å². The fourth-order valence-electron chi connectivity index (χ4n) is 1.69. The van der Waals surface area contributed by atoms with Crippen LogP contribution in [0.5, 0.6) is 11.5 Å². The summed E-state index contributed by atoms with van der Waals surface area (Å²) in [7, 11) is 1.63. The van der Waals surface area contributed by atoms with E-state index in [0.717, 1.165) is 11.3 Å². The molecule has 1 unspecified atom stereocenters. The Morgan fingerprint density at radius 3 is 2.42 bits per heavy atom. The van der Waals surface area contributed by atoms with Crippen molar-refractivity contribution in [2.45, 2.75) is 6.04 Å². The van der Waals surface area contributed by atoms with Crippen molar-refractivity contribution >= 4 is 11.6 Å². The molecule has 19 heavy (non-hydrogen) atoms. The SMILES string of the molecule is COc1ccc(C(N)COc2ccccc2Cl)cc1. The summed E-state index contributed by atoms with van der Waals surface area (Å²) in [4.78, 5) is 0. The number of benzene rings is 2. The predicted molar refractivity (Wildman–Crippen MR) is 76.9 cm³/mol. The van der Waals surface area contributed by atoms with Gasteiger partial charge in [0.2, 0.25) is 0 Å². The summed E-state index contributed by atoms with van der Waals surface area (Å²) in [5.41, 5.74) is 7.07. The van der Waals surface area contributed by atoms with Crippen molar-refractivity contribution in [1.82, 2.24) is 0 Å². The van der Waals surface area contributed by atoms with E-state index in [-0.39, 0.29) is 6.04 Å². The molecule has 2 rings (SSSR count). The van der Waals surface area contributed by atoms with Crippen LogP contribution in [0, 0.1) is 0 Å². The second-order valence-corrected chi connectivity index (χ2v) is 4.53. The average Bonchev–Trinajstić information content (AvgIpc) is 2.46. The van der Waals surface area contributed by atoms with Gasteiger partial charge in [0, 0.05) is 0 Å². The summed E-state index contributed by atoms with van der Waals surface area (Å²) in [6, 6.07) is 14.8. The highest BCUT2D eigenvalue weighted by Gasteiger charge is 2.08. The van der Waals surface area contributed by atoms with Gasteiger partial charge in [0.05, 0.1) is 18.2 Å². The van der Waals surface area contributed by atoms with E-state index >= 15 is 0 Å².